The fourth-order valence-electron chi connectivity index (χ4n) is 1.54. The first-order chi connectivity index (χ1) is 8.56. The molecule has 0 saturated carbocycles. The summed E-state index contributed by atoms with van der Waals surface area (Å²) in [6, 6.07) is 9.68. The number of anilines is 2. The van der Waals surface area contributed by atoms with Crippen LogP contribution in [0, 0.1) is 6.92 Å². The monoisotopic (exact) mass is 243 g/mol. The summed E-state index contributed by atoms with van der Waals surface area (Å²) in [7, 11) is 3.98. The number of aromatic nitrogens is 1. The molecule has 0 amide bonds. The van der Waals surface area contributed by atoms with E-state index in [4.69, 9.17) is 10.5 Å². The zero-order chi connectivity index (χ0) is 13.1. The van der Waals surface area contributed by atoms with Crippen LogP contribution in [0.5, 0.6) is 11.6 Å². The number of nitrogen functional groups attached to an aromatic ring is 1. The van der Waals surface area contributed by atoms with E-state index in [1.807, 2.05) is 56.3 Å². The third kappa shape index (κ3) is 2.71. The van der Waals surface area contributed by atoms with Crippen LogP contribution in [-0.4, -0.2) is 19.1 Å². The first-order valence-corrected chi connectivity index (χ1v) is 5.73. The van der Waals surface area contributed by atoms with Gasteiger partial charge in [-0.25, -0.2) is 4.98 Å². The second-order valence-corrected chi connectivity index (χ2v) is 4.37. The van der Waals surface area contributed by atoms with Gasteiger partial charge in [0.15, 0.2) is 0 Å². The van der Waals surface area contributed by atoms with Gasteiger partial charge in [0.25, 0.3) is 0 Å². The Bertz CT molecular complexity index is 552. The molecule has 4 heteroatoms. The highest BCUT2D eigenvalue weighted by Gasteiger charge is 2.03. The molecule has 2 aromatic rings. The predicted molar refractivity (Wildman–Crippen MR) is 74.2 cm³/mol. The van der Waals surface area contributed by atoms with E-state index in [2.05, 4.69) is 4.98 Å². The fourth-order valence-corrected chi connectivity index (χ4v) is 1.54. The highest BCUT2D eigenvalue weighted by molar-refractivity contribution is 5.51. The van der Waals surface area contributed by atoms with Gasteiger partial charge in [-0.2, -0.15) is 0 Å². The number of benzene rings is 1. The molecule has 1 heterocycles. The Kier molecular flexibility index (Phi) is 3.37. The lowest BCUT2D eigenvalue weighted by molar-refractivity contribution is 0.463. The van der Waals surface area contributed by atoms with Crippen molar-refractivity contribution in [2.75, 3.05) is 24.7 Å². The minimum absolute atomic E-state index is 0.553. The van der Waals surface area contributed by atoms with Gasteiger partial charge in [0.05, 0.1) is 11.9 Å². The van der Waals surface area contributed by atoms with Crippen LogP contribution < -0.4 is 15.4 Å². The maximum absolute atomic E-state index is 5.72. The van der Waals surface area contributed by atoms with Crippen molar-refractivity contribution in [1.82, 2.24) is 4.98 Å². The molecule has 0 bridgehead atoms. The molecule has 2 N–H and O–H groups in total. The smallest absolute Gasteiger partial charge is 0.219 e. The summed E-state index contributed by atoms with van der Waals surface area (Å²) in [6.45, 7) is 1.93. The van der Waals surface area contributed by atoms with Crippen LogP contribution in [0.15, 0.2) is 36.5 Å². The minimum Gasteiger partial charge on any atom is -0.439 e. The molecule has 0 spiro atoms. The molecular weight excluding hydrogens is 226 g/mol. The van der Waals surface area contributed by atoms with Crippen LogP contribution >= 0.6 is 0 Å². The molecular formula is C14H17N3O. The molecule has 2 rings (SSSR count). The lowest BCUT2D eigenvalue weighted by atomic mass is 10.2. The third-order valence-corrected chi connectivity index (χ3v) is 2.68. The Morgan fingerprint density at radius 3 is 2.67 bits per heavy atom. The van der Waals surface area contributed by atoms with Crippen molar-refractivity contribution >= 4 is 11.4 Å². The van der Waals surface area contributed by atoms with Crippen molar-refractivity contribution in [2.45, 2.75) is 6.92 Å². The first-order valence-electron chi connectivity index (χ1n) is 5.73. The van der Waals surface area contributed by atoms with Crippen molar-refractivity contribution in [2.24, 2.45) is 0 Å². The van der Waals surface area contributed by atoms with Gasteiger partial charge >= 0.3 is 0 Å². The number of nitrogens with two attached hydrogens (primary N) is 1. The quantitative estimate of drug-likeness (QED) is 0.900. The van der Waals surface area contributed by atoms with Crippen LogP contribution in [0.2, 0.25) is 0 Å². The molecule has 1 aromatic heterocycles. The molecule has 94 valence electrons. The number of hydrogen-bond acceptors (Lipinski definition) is 4. The number of hydrogen-bond donors (Lipinski definition) is 1. The van der Waals surface area contributed by atoms with Crippen LogP contribution in [0.3, 0.4) is 0 Å². The van der Waals surface area contributed by atoms with Crippen molar-refractivity contribution < 1.29 is 4.74 Å². The Balaban J connectivity index is 2.23. The highest BCUT2D eigenvalue weighted by Crippen LogP contribution is 2.25. The van der Waals surface area contributed by atoms with E-state index in [9.17, 15) is 0 Å². The summed E-state index contributed by atoms with van der Waals surface area (Å²) < 4.78 is 5.71. The maximum atomic E-state index is 5.72. The summed E-state index contributed by atoms with van der Waals surface area (Å²) in [5.74, 6) is 1.32. The highest BCUT2D eigenvalue weighted by atomic mass is 16.5. The molecule has 18 heavy (non-hydrogen) atoms. The standard InChI is InChI=1S/C14H17N3O/c1-10-7-14(16-9-13(10)15)18-12-6-4-5-11(8-12)17(2)3/h4-9H,15H2,1-3H3. The molecule has 0 aliphatic heterocycles. The second-order valence-electron chi connectivity index (χ2n) is 4.37. The van der Waals surface area contributed by atoms with Gasteiger partial charge in [-0.3, -0.25) is 0 Å². The van der Waals surface area contributed by atoms with E-state index in [0.717, 1.165) is 17.0 Å². The molecule has 0 aliphatic rings. The summed E-state index contributed by atoms with van der Waals surface area (Å²) in [4.78, 5) is 6.17. The van der Waals surface area contributed by atoms with Crippen LogP contribution in [-0.2, 0) is 0 Å². The van der Waals surface area contributed by atoms with Crippen LogP contribution in [0.4, 0.5) is 11.4 Å². The van der Waals surface area contributed by atoms with E-state index in [-0.39, 0.29) is 0 Å². The Morgan fingerprint density at radius 1 is 1.22 bits per heavy atom. The topological polar surface area (TPSA) is 51.4 Å². The van der Waals surface area contributed by atoms with Gasteiger partial charge in [0.1, 0.15) is 5.75 Å². The summed E-state index contributed by atoms with van der Waals surface area (Å²) in [5.41, 5.74) is 8.44. The minimum atomic E-state index is 0.553. The zero-order valence-electron chi connectivity index (χ0n) is 10.8. The van der Waals surface area contributed by atoms with E-state index in [1.54, 1.807) is 6.20 Å². The fraction of sp³-hybridized carbons (Fsp3) is 0.214. The van der Waals surface area contributed by atoms with Gasteiger partial charge < -0.3 is 15.4 Å². The number of nitrogens with zero attached hydrogens (tertiary/aromatic N) is 2. The van der Waals surface area contributed by atoms with E-state index >= 15 is 0 Å². The predicted octanol–water partition coefficient (Wildman–Crippen LogP) is 2.83. The van der Waals surface area contributed by atoms with Crippen LogP contribution in [0.1, 0.15) is 5.56 Å². The Morgan fingerprint density at radius 2 is 2.00 bits per heavy atom. The molecule has 0 saturated heterocycles. The molecule has 1 aromatic carbocycles. The van der Waals surface area contributed by atoms with Crippen LogP contribution in [0.25, 0.3) is 0 Å². The first kappa shape index (κ1) is 12.2. The largest absolute Gasteiger partial charge is 0.439 e. The molecule has 0 atom stereocenters. The number of rotatable bonds is 3. The molecule has 4 nitrogen and oxygen atoms in total. The maximum Gasteiger partial charge on any atom is 0.219 e. The lowest BCUT2D eigenvalue weighted by Crippen LogP contribution is -2.08. The van der Waals surface area contributed by atoms with Crippen molar-refractivity contribution in [3.05, 3.63) is 42.1 Å². The van der Waals surface area contributed by atoms with Gasteiger partial charge in [-0.1, -0.05) is 6.07 Å². The zero-order valence-corrected chi connectivity index (χ0v) is 10.8. The van der Waals surface area contributed by atoms with Gasteiger partial charge in [0.2, 0.25) is 5.88 Å². The van der Waals surface area contributed by atoms with Crippen molar-refractivity contribution in [3.8, 4) is 11.6 Å². The number of aryl methyl sites for hydroxylation is 1. The normalized spacial score (nSPS) is 10.2. The summed E-state index contributed by atoms with van der Waals surface area (Å²) in [5, 5.41) is 0. The average Bonchev–Trinajstić information content (AvgIpc) is 2.34. The van der Waals surface area contributed by atoms with Crippen molar-refractivity contribution in [3.63, 3.8) is 0 Å². The van der Waals surface area contributed by atoms with Gasteiger partial charge in [-0.05, 0) is 24.6 Å². The molecule has 0 fully saturated rings. The Hall–Kier alpha value is -2.23. The molecule has 0 aliphatic carbocycles. The number of ether oxygens (including phenoxy) is 1. The molecule has 0 radical (unpaired) electrons. The summed E-state index contributed by atoms with van der Waals surface area (Å²) >= 11 is 0. The van der Waals surface area contributed by atoms with Gasteiger partial charge in [-0.15, -0.1) is 0 Å². The Labute approximate surface area is 107 Å². The van der Waals surface area contributed by atoms with E-state index in [1.165, 1.54) is 0 Å². The lowest BCUT2D eigenvalue weighted by Gasteiger charge is -2.13. The average molecular weight is 243 g/mol. The van der Waals surface area contributed by atoms with E-state index in [0.29, 0.717) is 11.6 Å². The SMILES string of the molecule is Cc1cc(Oc2cccc(N(C)C)c2)ncc1N. The summed E-state index contributed by atoms with van der Waals surface area (Å²) in [6.07, 6.45) is 1.61. The van der Waals surface area contributed by atoms with E-state index < -0.39 is 0 Å². The number of pyridine rings is 1. The molecule has 0 unspecified atom stereocenters. The second kappa shape index (κ2) is 4.96. The van der Waals surface area contributed by atoms with Gasteiger partial charge in [0, 0.05) is 31.9 Å². The van der Waals surface area contributed by atoms with Crippen molar-refractivity contribution in [1.29, 1.82) is 0 Å². The third-order valence-electron chi connectivity index (χ3n) is 2.68.